The quantitative estimate of drug-likeness (QED) is 0.818. The van der Waals surface area contributed by atoms with E-state index in [-0.39, 0.29) is 11.9 Å². The van der Waals surface area contributed by atoms with E-state index in [9.17, 15) is 4.79 Å². The molecule has 1 rings (SSSR count). The summed E-state index contributed by atoms with van der Waals surface area (Å²) in [7, 11) is 0. The molecule has 3 nitrogen and oxygen atoms in total. The van der Waals surface area contributed by atoms with E-state index in [1.54, 1.807) is 0 Å². The van der Waals surface area contributed by atoms with Crippen molar-refractivity contribution in [2.45, 2.75) is 66.0 Å². The summed E-state index contributed by atoms with van der Waals surface area (Å²) < 4.78 is 0. The number of nitrogens with one attached hydrogen (secondary N) is 1. The van der Waals surface area contributed by atoms with Crippen molar-refractivity contribution in [1.29, 1.82) is 0 Å². The summed E-state index contributed by atoms with van der Waals surface area (Å²) in [4.78, 5) is 14.1. The van der Waals surface area contributed by atoms with Crippen molar-refractivity contribution in [2.75, 3.05) is 13.1 Å². The third kappa shape index (κ3) is 3.98. The minimum Gasteiger partial charge on any atom is -0.342 e. The first-order valence-electron chi connectivity index (χ1n) is 7.54. The first-order chi connectivity index (χ1) is 8.49. The largest absolute Gasteiger partial charge is 0.342 e. The van der Waals surface area contributed by atoms with Gasteiger partial charge in [0.2, 0.25) is 5.91 Å². The molecule has 3 heteroatoms. The van der Waals surface area contributed by atoms with Crippen molar-refractivity contribution < 1.29 is 4.79 Å². The maximum absolute atomic E-state index is 12.2. The number of hydrogen-bond donors (Lipinski definition) is 1. The molecule has 1 aliphatic rings. The van der Waals surface area contributed by atoms with Crippen LogP contribution in [0.5, 0.6) is 0 Å². The van der Waals surface area contributed by atoms with Crippen LogP contribution in [0.15, 0.2) is 0 Å². The summed E-state index contributed by atoms with van der Waals surface area (Å²) in [6.45, 7) is 12.3. The molecule has 0 aromatic carbocycles. The minimum atomic E-state index is -0.0531. The molecule has 0 radical (unpaired) electrons. The van der Waals surface area contributed by atoms with Gasteiger partial charge in [0.15, 0.2) is 0 Å². The second-order valence-corrected chi connectivity index (χ2v) is 5.90. The molecule has 106 valence electrons. The van der Waals surface area contributed by atoms with Gasteiger partial charge >= 0.3 is 0 Å². The first-order valence-corrected chi connectivity index (χ1v) is 7.54. The average Bonchev–Trinajstić information content (AvgIpc) is 2.35. The van der Waals surface area contributed by atoms with Gasteiger partial charge in [-0.3, -0.25) is 4.79 Å². The van der Waals surface area contributed by atoms with Crippen molar-refractivity contribution >= 4 is 5.91 Å². The monoisotopic (exact) mass is 254 g/mol. The fourth-order valence-electron chi connectivity index (χ4n) is 2.97. The van der Waals surface area contributed by atoms with Crippen molar-refractivity contribution in [1.82, 2.24) is 10.2 Å². The third-order valence-corrected chi connectivity index (χ3v) is 4.37. The first kappa shape index (κ1) is 15.5. The smallest absolute Gasteiger partial charge is 0.239 e. The highest BCUT2D eigenvalue weighted by Crippen LogP contribution is 2.28. The van der Waals surface area contributed by atoms with E-state index in [1.165, 1.54) is 19.3 Å². The fraction of sp³-hybridized carbons (Fsp3) is 0.933. The number of nitrogens with zero attached hydrogens (tertiary/aromatic N) is 1. The molecule has 18 heavy (non-hydrogen) atoms. The van der Waals surface area contributed by atoms with E-state index in [0.717, 1.165) is 19.0 Å². The molecule has 1 aliphatic carbocycles. The molecule has 4 unspecified atom stereocenters. The van der Waals surface area contributed by atoms with E-state index < -0.39 is 0 Å². The Hall–Kier alpha value is -0.570. The Morgan fingerprint density at radius 1 is 1.28 bits per heavy atom. The maximum Gasteiger partial charge on any atom is 0.239 e. The van der Waals surface area contributed by atoms with Gasteiger partial charge < -0.3 is 10.2 Å². The predicted molar refractivity (Wildman–Crippen MR) is 76.5 cm³/mol. The van der Waals surface area contributed by atoms with Crippen molar-refractivity contribution in [3.8, 4) is 0 Å². The molecule has 0 aromatic rings. The van der Waals surface area contributed by atoms with E-state index >= 15 is 0 Å². The van der Waals surface area contributed by atoms with Crippen molar-refractivity contribution in [3.63, 3.8) is 0 Å². The average molecular weight is 254 g/mol. The maximum atomic E-state index is 12.2. The van der Waals surface area contributed by atoms with Gasteiger partial charge in [0.05, 0.1) is 6.04 Å². The standard InChI is InChI=1S/C15H30N2O/c1-6-17(7-2)15(18)13(5)16-14-10-11(3)8-9-12(14)4/h11-14,16H,6-10H2,1-5H3. The lowest BCUT2D eigenvalue weighted by molar-refractivity contribution is -0.133. The Balaban J connectivity index is 2.52. The normalized spacial score (nSPS) is 29.9. The number of rotatable bonds is 5. The topological polar surface area (TPSA) is 32.3 Å². The van der Waals surface area contributed by atoms with Gasteiger partial charge in [0.1, 0.15) is 0 Å². The molecule has 0 bridgehead atoms. The number of amides is 1. The molecule has 0 saturated heterocycles. The predicted octanol–water partition coefficient (Wildman–Crippen LogP) is 2.66. The van der Waals surface area contributed by atoms with E-state index in [4.69, 9.17) is 0 Å². The van der Waals surface area contributed by atoms with Crippen LogP contribution < -0.4 is 5.32 Å². The van der Waals surface area contributed by atoms with Crippen molar-refractivity contribution in [3.05, 3.63) is 0 Å². The number of carbonyl (C=O) groups is 1. The minimum absolute atomic E-state index is 0.0531. The molecule has 0 aliphatic heterocycles. The van der Waals surface area contributed by atoms with E-state index in [1.807, 2.05) is 25.7 Å². The number of hydrogen-bond acceptors (Lipinski definition) is 2. The summed E-state index contributed by atoms with van der Waals surface area (Å²) in [6.07, 6.45) is 3.82. The molecule has 0 spiro atoms. The molecule has 1 fully saturated rings. The van der Waals surface area contributed by atoms with Gasteiger partial charge in [0, 0.05) is 19.1 Å². The molecule has 0 heterocycles. The lowest BCUT2D eigenvalue weighted by atomic mass is 9.80. The van der Waals surface area contributed by atoms with Gasteiger partial charge in [-0.2, -0.15) is 0 Å². The number of carbonyl (C=O) groups excluding carboxylic acids is 1. The summed E-state index contributed by atoms with van der Waals surface area (Å²) >= 11 is 0. The highest BCUT2D eigenvalue weighted by Gasteiger charge is 2.28. The van der Waals surface area contributed by atoms with Crippen LogP contribution in [0.1, 0.15) is 53.9 Å². The van der Waals surface area contributed by atoms with Crippen LogP contribution in [0.25, 0.3) is 0 Å². The van der Waals surface area contributed by atoms with Crippen LogP contribution in [-0.4, -0.2) is 36.0 Å². The molecular formula is C15H30N2O. The molecule has 4 atom stereocenters. The molecule has 1 N–H and O–H groups in total. The SMILES string of the molecule is CCN(CC)C(=O)C(C)NC1CC(C)CCC1C. The molecule has 1 saturated carbocycles. The van der Waals surface area contributed by atoms with Crippen LogP contribution >= 0.6 is 0 Å². The Labute approximate surface area is 112 Å². The lowest BCUT2D eigenvalue weighted by Crippen LogP contribution is -2.51. The summed E-state index contributed by atoms with van der Waals surface area (Å²) in [5, 5.41) is 3.56. The highest BCUT2D eigenvalue weighted by molar-refractivity contribution is 5.81. The van der Waals surface area contributed by atoms with Gasteiger partial charge in [0.25, 0.3) is 0 Å². The van der Waals surface area contributed by atoms with Gasteiger partial charge in [-0.25, -0.2) is 0 Å². The Bertz CT molecular complexity index is 263. The lowest BCUT2D eigenvalue weighted by Gasteiger charge is -2.36. The highest BCUT2D eigenvalue weighted by atomic mass is 16.2. The summed E-state index contributed by atoms with van der Waals surface area (Å²) in [5.74, 6) is 1.72. The summed E-state index contributed by atoms with van der Waals surface area (Å²) in [6, 6.07) is 0.450. The van der Waals surface area contributed by atoms with Gasteiger partial charge in [-0.1, -0.05) is 20.3 Å². The van der Waals surface area contributed by atoms with Gasteiger partial charge in [-0.15, -0.1) is 0 Å². The van der Waals surface area contributed by atoms with E-state index in [0.29, 0.717) is 12.0 Å². The fourth-order valence-corrected chi connectivity index (χ4v) is 2.97. The van der Waals surface area contributed by atoms with Crippen LogP contribution in [0.4, 0.5) is 0 Å². The zero-order chi connectivity index (χ0) is 13.7. The Kier molecular flexibility index (Phi) is 6.13. The van der Waals surface area contributed by atoms with Crippen LogP contribution in [0, 0.1) is 11.8 Å². The zero-order valence-electron chi connectivity index (χ0n) is 12.7. The zero-order valence-corrected chi connectivity index (χ0v) is 12.7. The Morgan fingerprint density at radius 3 is 2.44 bits per heavy atom. The van der Waals surface area contributed by atoms with Crippen molar-refractivity contribution in [2.24, 2.45) is 11.8 Å². The molecular weight excluding hydrogens is 224 g/mol. The van der Waals surface area contributed by atoms with E-state index in [2.05, 4.69) is 19.2 Å². The third-order valence-electron chi connectivity index (χ3n) is 4.37. The number of likely N-dealkylation sites (N-methyl/N-ethyl adjacent to an activating group) is 1. The van der Waals surface area contributed by atoms with Crippen LogP contribution in [0.2, 0.25) is 0 Å². The summed E-state index contributed by atoms with van der Waals surface area (Å²) in [5.41, 5.74) is 0. The van der Waals surface area contributed by atoms with Crippen LogP contribution in [0.3, 0.4) is 0 Å². The molecule has 0 aromatic heterocycles. The second-order valence-electron chi connectivity index (χ2n) is 5.90. The van der Waals surface area contributed by atoms with Crippen LogP contribution in [-0.2, 0) is 4.79 Å². The Morgan fingerprint density at radius 2 is 1.89 bits per heavy atom. The molecule has 1 amide bonds. The van der Waals surface area contributed by atoms with Gasteiger partial charge in [-0.05, 0) is 45.4 Å². The second kappa shape index (κ2) is 7.13.